The van der Waals surface area contributed by atoms with Crippen LogP contribution in [0.2, 0.25) is 0 Å². The van der Waals surface area contributed by atoms with Crippen molar-refractivity contribution in [1.82, 2.24) is 0 Å². The minimum absolute atomic E-state index is 0.0221. The van der Waals surface area contributed by atoms with Crippen molar-refractivity contribution in [1.29, 1.82) is 0 Å². The fourth-order valence-corrected chi connectivity index (χ4v) is 3.65. The molecule has 0 aromatic carbocycles. The fraction of sp³-hybridized carbons (Fsp3) is 0.875. The summed E-state index contributed by atoms with van der Waals surface area (Å²) in [7, 11) is 0. The fourth-order valence-electron chi connectivity index (χ4n) is 3.65. The Morgan fingerprint density at radius 3 is 2.10 bits per heavy atom. The summed E-state index contributed by atoms with van der Waals surface area (Å²) in [6.45, 7) is 2.00. The topological polar surface area (TPSA) is 96.2 Å². The van der Waals surface area contributed by atoms with Crippen molar-refractivity contribution in [3.8, 4) is 0 Å². The van der Waals surface area contributed by atoms with E-state index in [0.29, 0.717) is 6.42 Å². The van der Waals surface area contributed by atoms with Gasteiger partial charge in [-0.15, -0.1) is 0 Å². The zero-order valence-corrected chi connectivity index (χ0v) is 18.8. The van der Waals surface area contributed by atoms with Gasteiger partial charge in [0, 0.05) is 6.42 Å². The zero-order chi connectivity index (χ0) is 22.0. The number of rotatable bonds is 18. The number of esters is 1. The second kappa shape index (κ2) is 17.7. The predicted molar refractivity (Wildman–Crippen MR) is 118 cm³/mol. The molecular formula is C24H44O6. The van der Waals surface area contributed by atoms with Gasteiger partial charge in [0.15, 0.2) is 0 Å². The van der Waals surface area contributed by atoms with Crippen molar-refractivity contribution in [2.24, 2.45) is 0 Å². The first-order chi connectivity index (χ1) is 14.6. The highest BCUT2D eigenvalue weighted by Gasteiger charge is 2.39. The molecule has 1 heterocycles. The molecule has 6 heteroatoms. The minimum Gasteiger partial charge on any atom is -0.463 e. The van der Waals surface area contributed by atoms with Gasteiger partial charge >= 0.3 is 5.97 Å². The largest absolute Gasteiger partial charge is 0.463 e. The van der Waals surface area contributed by atoms with Gasteiger partial charge in [0.25, 0.3) is 0 Å². The molecule has 0 saturated carbocycles. The molecule has 4 atom stereocenters. The van der Waals surface area contributed by atoms with Crippen LogP contribution in [0.4, 0.5) is 0 Å². The summed E-state index contributed by atoms with van der Waals surface area (Å²) in [5.74, 6) is -0.347. The number of hydrogen-bond donors (Lipinski definition) is 3. The van der Waals surface area contributed by atoms with Crippen LogP contribution < -0.4 is 0 Å². The Balaban J connectivity index is 1.87. The number of unbranched alkanes of at least 4 members (excludes halogenated alkanes) is 11. The predicted octanol–water partition coefficient (Wildman–Crippen LogP) is 4.05. The molecule has 0 spiro atoms. The average molecular weight is 429 g/mol. The van der Waals surface area contributed by atoms with E-state index in [-0.39, 0.29) is 19.2 Å². The Hall–Kier alpha value is -0.950. The van der Waals surface area contributed by atoms with Crippen LogP contribution in [0.15, 0.2) is 12.2 Å². The van der Waals surface area contributed by atoms with Gasteiger partial charge in [-0.25, -0.2) is 0 Å². The van der Waals surface area contributed by atoms with Gasteiger partial charge in [-0.05, 0) is 32.1 Å². The molecule has 1 rings (SSSR count). The molecule has 30 heavy (non-hydrogen) atoms. The van der Waals surface area contributed by atoms with Gasteiger partial charge in [0.05, 0.1) is 6.61 Å². The lowest BCUT2D eigenvalue weighted by Gasteiger charge is -2.20. The highest BCUT2D eigenvalue weighted by molar-refractivity contribution is 5.69. The van der Waals surface area contributed by atoms with Crippen molar-refractivity contribution in [3.63, 3.8) is 0 Å². The molecular weight excluding hydrogens is 384 g/mol. The molecule has 0 aromatic heterocycles. The maximum atomic E-state index is 11.7. The summed E-state index contributed by atoms with van der Waals surface area (Å²) in [4.78, 5) is 11.7. The second-order valence-electron chi connectivity index (χ2n) is 8.44. The number of carbonyl (C=O) groups is 1. The third-order valence-corrected chi connectivity index (χ3v) is 5.63. The van der Waals surface area contributed by atoms with Crippen LogP contribution in [0.1, 0.15) is 96.8 Å². The lowest BCUT2D eigenvalue weighted by atomic mass is 10.1. The quantitative estimate of drug-likeness (QED) is 0.173. The molecule has 0 aromatic rings. The molecule has 0 unspecified atom stereocenters. The molecule has 1 aliphatic rings. The summed E-state index contributed by atoms with van der Waals surface area (Å²) in [6, 6.07) is 0. The summed E-state index contributed by atoms with van der Waals surface area (Å²) >= 11 is 0. The van der Waals surface area contributed by atoms with E-state index in [1.807, 2.05) is 0 Å². The molecule has 0 amide bonds. The van der Waals surface area contributed by atoms with Gasteiger partial charge in [0.1, 0.15) is 31.0 Å². The van der Waals surface area contributed by atoms with Crippen LogP contribution in [0.5, 0.6) is 0 Å². The first-order valence-corrected chi connectivity index (χ1v) is 12.0. The molecule has 1 fully saturated rings. The number of hydrogen-bond acceptors (Lipinski definition) is 6. The van der Waals surface area contributed by atoms with Gasteiger partial charge in [-0.2, -0.15) is 0 Å². The van der Waals surface area contributed by atoms with Crippen molar-refractivity contribution >= 4 is 5.97 Å². The van der Waals surface area contributed by atoms with Crippen molar-refractivity contribution in [2.45, 2.75) is 121 Å². The number of ether oxygens (including phenoxy) is 2. The Kier molecular flexibility index (Phi) is 16.0. The second-order valence-corrected chi connectivity index (χ2v) is 8.44. The Bertz CT molecular complexity index is 453. The maximum Gasteiger partial charge on any atom is 0.305 e. The van der Waals surface area contributed by atoms with Crippen molar-refractivity contribution < 1.29 is 29.6 Å². The van der Waals surface area contributed by atoms with Gasteiger partial charge < -0.3 is 24.8 Å². The third-order valence-electron chi connectivity index (χ3n) is 5.63. The highest BCUT2D eigenvalue weighted by atomic mass is 16.6. The lowest BCUT2D eigenvalue weighted by Crippen LogP contribution is -2.41. The molecule has 0 radical (unpaired) electrons. The summed E-state index contributed by atoms with van der Waals surface area (Å²) in [5.41, 5.74) is 0. The SMILES string of the molecule is CCCCCCCC/C=C\CCCCCCCC(=O)OC[C@H](O)[C@H]1OC[C@H](O)[C@H]1O. The molecule has 3 N–H and O–H groups in total. The Morgan fingerprint density at radius 2 is 1.53 bits per heavy atom. The normalized spacial score (nSPS) is 22.6. The molecule has 1 saturated heterocycles. The Morgan fingerprint density at radius 1 is 0.967 bits per heavy atom. The van der Waals surface area contributed by atoms with Gasteiger partial charge in [0.2, 0.25) is 0 Å². The first kappa shape index (κ1) is 27.1. The summed E-state index contributed by atoms with van der Waals surface area (Å²) in [5, 5.41) is 29.0. The molecule has 176 valence electrons. The monoisotopic (exact) mass is 428 g/mol. The third kappa shape index (κ3) is 12.7. The van der Waals surface area contributed by atoms with E-state index in [2.05, 4.69) is 19.1 Å². The van der Waals surface area contributed by atoms with E-state index in [0.717, 1.165) is 25.7 Å². The zero-order valence-electron chi connectivity index (χ0n) is 18.8. The minimum atomic E-state index is -1.15. The standard InChI is InChI=1S/C24H44O6/c1-2-3-4-5-6-7-8-9-10-11-12-13-14-15-16-17-22(27)29-19-21(26)24-23(28)20(25)18-30-24/h9-10,20-21,23-26,28H,2-8,11-19H2,1H3/b10-9-/t20-,21-,23+,24+/m0/s1. The molecule has 1 aliphatic heterocycles. The molecule has 6 nitrogen and oxygen atoms in total. The van der Waals surface area contributed by atoms with E-state index in [9.17, 15) is 20.1 Å². The van der Waals surface area contributed by atoms with Crippen LogP contribution in [-0.2, 0) is 14.3 Å². The Labute approximate surface area is 182 Å². The van der Waals surface area contributed by atoms with Crippen LogP contribution in [-0.4, -0.2) is 58.9 Å². The summed E-state index contributed by atoms with van der Waals surface area (Å²) in [6.07, 6.45) is 16.5. The first-order valence-electron chi connectivity index (χ1n) is 12.0. The molecule has 0 aliphatic carbocycles. The van der Waals surface area contributed by atoms with E-state index in [4.69, 9.17) is 9.47 Å². The van der Waals surface area contributed by atoms with Crippen molar-refractivity contribution in [2.75, 3.05) is 13.2 Å². The number of aliphatic hydroxyl groups excluding tert-OH is 3. The van der Waals surface area contributed by atoms with E-state index < -0.39 is 24.4 Å². The number of aliphatic hydroxyl groups is 3. The summed E-state index contributed by atoms with van der Waals surface area (Å²) < 4.78 is 10.2. The van der Waals surface area contributed by atoms with Crippen LogP contribution in [0, 0.1) is 0 Å². The lowest BCUT2D eigenvalue weighted by molar-refractivity contribution is -0.151. The van der Waals surface area contributed by atoms with Crippen LogP contribution >= 0.6 is 0 Å². The van der Waals surface area contributed by atoms with E-state index in [1.165, 1.54) is 57.8 Å². The molecule has 0 bridgehead atoms. The van der Waals surface area contributed by atoms with Gasteiger partial charge in [-0.1, -0.05) is 70.4 Å². The van der Waals surface area contributed by atoms with E-state index in [1.54, 1.807) is 0 Å². The average Bonchev–Trinajstić information content (AvgIpc) is 3.07. The number of allylic oxidation sites excluding steroid dienone is 2. The van der Waals surface area contributed by atoms with Gasteiger partial charge in [-0.3, -0.25) is 4.79 Å². The van der Waals surface area contributed by atoms with Crippen LogP contribution in [0.3, 0.4) is 0 Å². The maximum absolute atomic E-state index is 11.7. The van der Waals surface area contributed by atoms with Crippen LogP contribution in [0.25, 0.3) is 0 Å². The highest BCUT2D eigenvalue weighted by Crippen LogP contribution is 2.18. The smallest absolute Gasteiger partial charge is 0.305 e. The van der Waals surface area contributed by atoms with Crippen molar-refractivity contribution in [3.05, 3.63) is 12.2 Å². The van der Waals surface area contributed by atoms with E-state index >= 15 is 0 Å². The number of carbonyl (C=O) groups excluding carboxylic acids is 1.